The maximum atomic E-state index is 12.2. The number of para-hydroxylation sites is 1. The highest BCUT2D eigenvalue weighted by atomic mass is 16.7. The fraction of sp³-hybridized carbons (Fsp3) is 0.652. The molecule has 1 unspecified atom stereocenters. The minimum atomic E-state index is -0.581. The highest BCUT2D eigenvalue weighted by Crippen LogP contribution is 2.30. The molecular weight excluding hydrogens is 414 g/mol. The van der Waals surface area contributed by atoms with Gasteiger partial charge in [0.25, 0.3) is 6.01 Å². The summed E-state index contributed by atoms with van der Waals surface area (Å²) in [5.74, 6) is 0.0405. The molecule has 2 aliphatic heterocycles. The van der Waals surface area contributed by atoms with Crippen LogP contribution in [0.1, 0.15) is 47.5 Å². The molecule has 2 aromatic rings. The molecule has 0 saturated carbocycles. The van der Waals surface area contributed by atoms with Gasteiger partial charge < -0.3 is 33.6 Å². The molecule has 0 aliphatic carbocycles. The summed E-state index contributed by atoms with van der Waals surface area (Å²) in [5, 5.41) is 3.36. The fourth-order valence-corrected chi connectivity index (χ4v) is 3.83. The quantitative estimate of drug-likeness (QED) is 0.730. The zero-order valence-corrected chi connectivity index (χ0v) is 19.5. The second-order valence-electron chi connectivity index (χ2n) is 9.77. The molecule has 2 saturated heterocycles. The van der Waals surface area contributed by atoms with Crippen molar-refractivity contribution in [3.05, 3.63) is 18.2 Å². The number of carbonyl (C=O) groups is 1. The molecule has 9 nitrogen and oxygen atoms in total. The molecule has 1 N–H and O–H groups in total. The predicted octanol–water partition coefficient (Wildman–Crippen LogP) is 4.17. The summed E-state index contributed by atoms with van der Waals surface area (Å²) in [6.07, 6.45) is 1.18. The Balaban J connectivity index is 1.33. The minimum Gasteiger partial charge on any atom is -0.487 e. The molecule has 0 spiro atoms. The smallest absolute Gasteiger partial charge is 0.410 e. The van der Waals surface area contributed by atoms with Crippen molar-refractivity contribution in [1.82, 2.24) is 9.88 Å². The van der Waals surface area contributed by atoms with Gasteiger partial charge in [0.15, 0.2) is 17.1 Å². The summed E-state index contributed by atoms with van der Waals surface area (Å²) < 4.78 is 28.8. The molecule has 1 atom stereocenters. The third kappa shape index (κ3) is 5.63. The standard InChI is InChI=1S/C23H33N3O6/c1-22(2,3)32-21(27)26-11-9-15(10-12-26)24-20-25-17-7-6-8-18(19(17)30-20)28-13-16-14-29-23(4,5)31-16/h6-8,15-16H,9-14H2,1-5H3,(H,24,25). The predicted molar refractivity (Wildman–Crippen MR) is 119 cm³/mol. The average molecular weight is 448 g/mol. The number of oxazole rings is 1. The van der Waals surface area contributed by atoms with Crippen molar-refractivity contribution in [2.24, 2.45) is 0 Å². The highest BCUT2D eigenvalue weighted by molar-refractivity contribution is 5.80. The fourth-order valence-electron chi connectivity index (χ4n) is 3.83. The topological polar surface area (TPSA) is 95.3 Å². The number of amides is 1. The van der Waals surface area contributed by atoms with Crippen LogP contribution in [-0.4, -0.2) is 65.8 Å². The number of aromatic nitrogens is 1. The minimum absolute atomic E-state index is 0.129. The lowest BCUT2D eigenvalue weighted by atomic mass is 10.1. The first-order valence-corrected chi connectivity index (χ1v) is 11.2. The zero-order valence-electron chi connectivity index (χ0n) is 19.5. The summed E-state index contributed by atoms with van der Waals surface area (Å²) >= 11 is 0. The Morgan fingerprint density at radius 2 is 2.03 bits per heavy atom. The molecule has 1 aromatic heterocycles. The van der Waals surface area contributed by atoms with E-state index in [4.69, 9.17) is 23.4 Å². The number of hydrogen-bond acceptors (Lipinski definition) is 8. The number of carbonyl (C=O) groups excluding carboxylic acids is 1. The van der Waals surface area contributed by atoms with Crippen LogP contribution in [0.25, 0.3) is 11.1 Å². The van der Waals surface area contributed by atoms with Crippen LogP contribution >= 0.6 is 0 Å². The highest BCUT2D eigenvalue weighted by Gasteiger charge is 2.33. The van der Waals surface area contributed by atoms with E-state index in [1.807, 2.05) is 52.8 Å². The van der Waals surface area contributed by atoms with Gasteiger partial charge in [0.1, 0.15) is 23.8 Å². The van der Waals surface area contributed by atoms with Gasteiger partial charge in [-0.3, -0.25) is 0 Å². The maximum absolute atomic E-state index is 12.2. The van der Waals surface area contributed by atoms with E-state index >= 15 is 0 Å². The average Bonchev–Trinajstić information content (AvgIpc) is 3.27. The van der Waals surface area contributed by atoms with Crippen molar-refractivity contribution in [2.45, 2.75) is 71.0 Å². The van der Waals surface area contributed by atoms with Crippen molar-refractivity contribution in [3.8, 4) is 5.75 Å². The molecule has 0 bridgehead atoms. The van der Waals surface area contributed by atoms with Gasteiger partial charge in [-0.1, -0.05) is 6.07 Å². The monoisotopic (exact) mass is 447 g/mol. The van der Waals surface area contributed by atoms with Crippen molar-refractivity contribution in [3.63, 3.8) is 0 Å². The maximum Gasteiger partial charge on any atom is 0.410 e. The van der Waals surface area contributed by atoms with E-state index < -0.39 is 11.4 Å². The van der Waals surface area contributed by atoms with E-state index in [0.29, 0.717) is 43.7 Å². The Hall–Kier alpha value is -2.52. The number of rotatable bonds is 5. The summed E-state index contributed by atoms with van der Waals surface area (Å²) in [7, 11) is 0. The molecule has 2 fully saturated rings. The van der Waals surface area contributed by atoms with E-state index in [0.717, 1.165) is 18.4 Å². The molecular formula is C23H33N3O6. The zero-order chi connectivity index (χ0) is 22.9. The number of fused-ring (bicyclic) bond motifs is 1. The number of anilines is 1. The molecule has 1 aromatic carbocycles. The number of benzene rings is 1. The van der Waals surface area contributed by atoms with E-state index in [2.05, 4.69) is 10.3 Å². The van der Waals surface area contributed by atoms with Crippen LogP contribution in [0.15, 0.2) is 22.6 Å². The second kappa shape index (κ2) is 8.78. The Morgan fingerprint density at radius 1 is 1.28 bits per heavy atom. The van der Waals surface area contributed by atoms with Gasteiger partial charge in [0, 0.05) is 19.1 Å². The number of likely N-dealkylation sites (tertiary alicyclic amines) is 1. The lowest BCUT2D eigenvalue weighted by Gasteiger charge is -2.33. The van der Waals surface area contributed by atoms with E-state index in [1.54, 1.807) is 4.90 Å². The van der Waals surface area contributed by atoms with E-state index in [9.17, 15) is 4.79 Å². The Kier molecular flexibility index (Phi) is 6.22. The first-order valence-electron chi connectivity index (χ1n) is 11.2. The van der Waals surface area contributed by atoms with Gasteiger partial charge in [-0.05, 0) is 59.6 Å². The molecule has 32 heavy (non-hydrogen) atoms. The van der Waals surface area contributed by atoms with Crippen LogP contribution < -0.4 is 10.1 Å². The van der Waals surface area contributed by atoms with Gasteiger partial charge in [0.05, 0.1) is 6.61 Å². The molecule has 9 heteroatoms. The van der Waals surface area contributed by atoms with Crippen LogP contribution in [0.5, 0.6) is 5.75 Å². The third-order valence-electron chi connectivity index (χ3n) is 5.35. The first-order chi connectivity index (χ1) is 15.1. The number of hydrogen-bond donors (Lipinski definition) is 1. The molecule has 4 rings (SSSR count). The van der Waals surface area contributed by atoms with Crippen LogP contribution in [0, 0.1) is 0 Å². The SMILES string of the molecule is CC(C)(C)OC(=O)N1CCC(Nc2nc3cccc(OCC4COC(C)(C)O4)c3o2)CC1. The molecule has 176 valence electrons. The van der Waals surface area contributed by atoms with Crippen molar-refractivity contribution in [2.75, 3.05) is 31.6 Å². The van der Waals surface area contributed by atoms with Crippen molar-refractivity contribution < 1.29 is 28.2 Å². The summed E-state index contributed by atoms with van der Waals surface area (Å²) in [6.45, 7) is 11.5. The largest absolute Gasteiger partial charge is 0.487 e. The van der Waals surface area contributed by atoms with Crippen LogP contribution in [-0.2, 0) is 14.2 Å². The van der Waals surface area contributed by atoms with Gasteiger partial charge in [-0.15, -0.1) is 0 Å². The third-order valence-corrected chi connectivity index (χ3v) is 5.35. The lowest BCUT2D eigenvalue weighted by Crippen LogP contribution is -2.44. The first kappa shape index (κ1) is 22.7. The van der Waals surface area contributed by atoms with Gasteiger partial charge in [-0.25, -0.2) is 4.79 Å². The number of ether oxygens (including phenoxy) is 4. The number of nitrogens with zero attached hydrogens (tertiary/aromatic N) is 2. The summed E-state index contributed by atoms with van der Waals surface area (Å²) in [5.41, 5.74) is 0.830. The van der Waals surface area contributed by atoms with Gasteiger partial charge in [-0.2, -0.15) is 4.98 Å². The molecule has 1 amide bonds. The Bertz CT molecular complexity index is 943. The molecule has 0 radical (unpaired) electrons. The van der Waals surface area contributed by atoms with Crippen molar-refractivity contribution in [1.29, 1.82) is 0 Å². The lowest BCUT2D eigenvalue weighted by molar-refractivity contribution is -0.141. The summed E-state index contributed by atoms with van der Waals surface area (Å²) in [6, 6.07) is 6.25. The summed E-state index contributed by atoms with van der Waals surface area (Å²) in [4.78, 5) is 18.5. The van der Waals surface area contributed by atoms with Crippen molar-refractivity contribution >= 4 is 23.2 Å². The molecule has 3 heterocycles. The van der Waals surface area contributed by atoms with Crippen LogP contribution in [0.3, 0.4) is 0 Å². The number of piperidine rings is 1. The Morgan fingerprint density at radius 3 is 2.69 bits per heavy atom. The van der Waals surface area contributed by atoms with E-state index in [1.165, 1.54) is 0 Å². The Labute approximate surface area is 188 Å². The normalized spacial score (nSPS) is 21.7. The van der Waals surface area contributed by atoms with Gasteiger partial charge in [0.2, 0.25) is 0 Å². The van der Waals surface area contributed by atoms with Gasteiger partial charge >= 0.3 is 6.09 Å². The van der Waals surface area contributed by atoms with Crippen LogP contribution in [0.4, 0.5) is 10.8 Å². The van der Waals surface area contributed by atoms with E-state index in [-0.39, 0.29) is 18.2 Å². The van der Waals surface area contributed by atoms with Crippen LogP contribution in [0.2, 0.25) is 0 Å². The number of nitrogens with one attached hydrogen (secondary N) is 1. The second-order valence-corrected chi connectivity index (χ2v) is 9.77. The molecule has 2 aliphatic rings.